The van der Waals surface area contributed by atoms with Crippen molar-refractivity contribution in [1.82, 2.24) is 0 Å². The fraction of sp³-hybridized carbons (Fsp3) is 0.417. The molecule has 0 bridgehead atoms. The predicted molar refractivity (Wildman–Crippen MR) is 190 cm³/mol. The van der Waals surface area contributed by atoms with Gasteiger partial charge in [0.2, 0.25) is 0 Å². The number of benzene rings is 3. The van der Waals surface area contributed by atoms with Crippen LogP contribution in [-0.2, 0) is 16.8 Å². The Hall–Kier alpha value is -1.98. The summed E-state index contributed by atoms with van der Waals surface area (Å²) in [6.45, 7) is 0. The standard InChI is InChI=1S/3C12H14BrNO.Co/c3*13-10-5-6-12(15)9(7-10)8-14-11-3-1-2-4-11;/h3*5-8,11,15H,1-4H2;/q;;;+3/p-3. The van der Waals surface area contributed by atoms with Crippen molar-refractivity contribution in [3.8, 4) is 17.2 Å². The van der Waals surface area contributed by atoms with Gasteiger partial charge in [-0.05, 0) is 91.6 Å². The van der Waals surface area contributed by atoms with E-state index in [0.717, 1.165) is 13.4 Å². The second-order valence-electron chi connectivity index (χ2n) is 11.7. The molecule has 0 amide bonds. The maximum atomic E-state index is 11.5. The SMILES string of the molecule is [Co+3].[O-]c1ccc(Br)cc1C=NC1CCCC1.[O-]c1ccc(Br)cc1C=NC1CCCC1.[O-]c1ccc(Br)cc1C=NC1CCCC1. The number of nitrogens with zero attached hydrogens (tertiary/aromatic N) is 3. The zero-order valence-corrected chi connectivity index (χ0v) is 31.5. The molecule has 0 spiro atoms. The van der Waals surface area contributed by atoms with Gasteiger partial charge in [-0.25, -0.2) is 0 Å². The molecule has 0 saturated heterocycles. The molecule has 6 nitrogen and oxygen atoms in total. The third-order valence-electron chi connectivity index (χ3n) is 8.16. The van der Waals surface area contributed by atoms with Crippen LogP contribution in [0.2, 0.25) is 0 Å². The summed E-state index contributed by atoms with van der Waals surface area (Å²) in [5.41, 5.74) is 2.03. The summed E-state index contributed by atoms with van der Waals surface area (Å²) in [6, 6.07) is 16.7. The summed E-state index contributed by atoms with van der Waals surface area (Å²) in [5.74, 6) is 0.125. The van der Waals surface area contributed by atoms with Gasteiger partial charge in [0.05, 0.1) is 0 Å². The van der Waals surface area contributed by atoms with E-state index in [2.05, 4.69) is 62.8 Å². The molecule has 3 aromatic rings. The quantitative estimate of drug-likeness (QED) is 0.232. The number of aliphatic imine (C=N–C) groups is 3. The van der Waals surface area contributed by atoms with Crippen LogP contribution in [0.15, 0.2) is 83.0 Å². The van der Waals surface area contributed by atoms with Crippen LogP contribution < -0.4 is 15.3 Å². The first kappa shape index (κ1) is 38.5. The smallest absolute Gasteiger partial charge is 0.872 e. The largest absolute Gasteiger partial charge is 3.00 e. The Morgan fingerprint density at radius 3 is 0.935 bits per heavy atom. The molecule has 3 aliphatic carbocycles. The summed E-state index contributed by atoms with van der Waals surface area (Å²) in [5, 5.41) is 34.4. The molecule has 0 atom stereocenters. The van der Waals surface area contributed by atoms with E-state index >= 15 is 0 Å². The Labute approximate surface area is 308 Å². The number of rotatable bonds is 6. The van der Waals surface area contributed by atoms with Gasteiger partial charge < -0.3 is 15.3 Å². The minimum Gasteiger partial charge on any atom is -0.872 e. The molecule has 3 saturated carbocycles. The van der Waals surface area contributed by atoms with Crippen molar-refractivity contribution in [3.05, 3.63) is 84.7 Å². The first-order valence-electron chi connectivity index (χ1n) is 15.8. The van der Waals surface area contributed by atoms with Crippen LogP contribution in [0.3, 0.4) is 0 Å². The maximum Gasteiger partial charge on any atom is 3.00 e. The van der Waals surface area contributed by atoms with Gasteiger partial charge in [-0.15, -0.1) is 0 Å². The molecule has 0 heterocycles. The Kier molecular flexibility index (Phi) is 17.1. The molecule has 3 fully saturated rings. The minimum atomic E-state index is 0. The summed E-state index contributed by atoms with van der Waals surface area (Å²) in [6.07, 6.45) is 19.8. The molecule has 46 heavy (non-hydrogen) atoms. The van der Waals surface area contributed by atoms with E-state index in [-0.39, 0.29) is 34.0 Å². The first-order valence-corrected chi connectivity index (χ1v) is 18.1. The molecule has 0 unspecified atom stereocenters. The zero-order valence-electron chi connectivity index (χ0n) is 25.7. The monoisotopic (exact) mass is 857 g/mol. The zero-order chi connectivity index (χ0) is 32.0. The van der Waals surface area contributed by atoms with Crippen molar-refractivity contribution < 1.29 is 32.1 Å². The molecule has 3 aliphatic rings. The first-order chi connectivity index (χ1) is 21.8. The minimum absolute atomic E-state index is 0. The average molecular weight is 860 g/mol. The molecule has 3 aromatic carbocycles. The van der Waals surface area contributed by atoms with Crippen molar-refractivity contribution in [1.29, 1.82) is 0 Å². The van der Waals surface area contributed by atoms with Crippen LogP contribution >= 0.6 is 47.8 Å². The normalized spacial score (nSPS) is 17.3. The van der Waals surface area contributed by atoms with Gasteiger partial charge in [-0.3, -0.25) is 15.0 Å². The molecule has 246 valence electrons. The third-order valence-corrected chi connectivity index (χ3v) is 9.64. The number of hydrogen-bond acceptors (Lipinski definition) is 6. The Morgan fingerprint density at radius 2 is 0.696 bits per heavy atom. The van der Waals surface area contributed by atoms with Gasteiger partial charge >= 0.3 is 16.8 Å². The second kappa shape index (κ2) is 20.4. The van der Waals surface area contributed by atoms with Gasteiger partial charge in [-0.1, -0.05) is 122 Å². The predicted octanol–water partition coefficient (Wildman–Crippen LogP) is 8.65. The van der Waals surface area contributed by atoms with Crippen LogP contribution in [-0.4, -0.2) is 36.8 Å². The fourth-order valence-corrected chi connectivity index (χ4v) is 6.71. The molecule has 10 heteroatoms. The number of halogens is 3. The molecule has 0 radical (unpaired) electrons. The maximum absolute atomic E-state index is 11.5. The van der Waals surface area contributed by atoms with E-state index in [1.54, 1.807) is 55.0 Å². The van der Waals surface area contributed by atoms with Crippen LogP contribution in [0, 0.1) is 0 Å². The van der Waals surface area contributed by atoms with Gasteiger partial charge in [-0.2, -0.15) is 0 Å². The summed E-state index contributed by atoms with van der Waals surface area (Å²) in [4.78, 5) is 13.3. The van der Waals surface area contributed by atoms with Crippen molar-refractivity contribution in [2.45, 2.75) is 95.2 Å². The topological polar surface area (TPSA) is 106 Å². The van der Waals surface area contributed by atoms with Crippen molar-refractivity contribution >= 4 is 66.4 Å². The van der Waals surface area contributed by atoms with E-state index in [9.17, 15) is 15.3 Å². The van der Waals surface area contributed by atoms with E-state index in [4.69, 9.17) is 0 Å². The summed E-state index contributed by atoms with van der Waals surface area (Å²) < 4.78 is 2.78. The Morgan fingerprint density at radius 1 is 0.457 bits per heavy atom. The Balaban J connectivity index is 0.000000186. The van der Waals surface area contributed by atoms with E-state index in [0.29, 0.717) is 34.8 Å². The molecular formula is C36H39Br3CoN3O3. The second-order valence-corrected chi connectivity index (χ2v) is 14.4. The average Bonchev–Trinajstić information content (AvgIpc) is 3.84. The molecule has 0 N–H and O–H groups in total. The third kappa shape index (κ3) is 13.3. The van der Waals surface area contributed by atoms with Crippen LogP contribution in [0.1, 0.15) is 93.7 Å². The van der Waals surface area contributed by atoms with E-state index < -0.39 is 0 Å². The van der Waals surface area contributed by atoms with Crippen molar-refractivity contribution in [2.24, 2.45) is 15.0 Å². The van der Waals surface area contributed by atoms with Crippen molar-refractivity contribution in [3.63, 3.8) is 0 Å². The molecule has 0 aliphatic heterocycles. The Bertz CT molecular complexity index is 1290. The van der Waals surface area contributed by atoms with Gasteiger partial charge in [0.1, 0.15) is 0 Å². The van der Waals surface area contributed by atoms with Crippen LogP contribution in [0.4, 0.5) is 0 Å². The van der Waals surface area contributed by atoms with E-state index in [1.807, 2.05) is 18.2 Å². The van der Waals surface area contributed by atoms with Gasteiger partial charge in [0, 0.05) is 50.2 Å². The number of hydrogen-bond donors (Lipinski definition) is 0. The summed E-state index contributed by atoms with van der Waals surface area (Å²) >= 11 is 10.0. The van der Waals surface area contributed by atoms with Gasteiger partial charge in [0.15, 0.2) is 0 Å². The summed E-state index contributed by atoms with van der Waals surface area (Å²) in [7, 11) is 0. The molecule has 0 aromatic heterocycles. The van der Waals surface area contributed by atoms with Gasteiger partial charge in [0.25, 0.3) is 0 Å². The van der Waals surface area contributed by atoms with Crippen molar-refractivity contribution in [2.75, 3.05) is 0 Å². The molecular weight excluding hydrogens is 821 g/mol. The van der Waals surface area contributed by atoms with E-state index in [1.165, 1.54) is 77.0 Å². The van der Waals surface area contributed by atoms with Crippen LogP contribution in [0.5, 0.6) is 17.2 Å². The molecule has 6 rings (SSSR count). The van der Waals surface area contributed by atoms with Crippen LogP contribution in [0.25, 0.3) is 0 Å². The fourth-order valence-electron chi connectivity index (χ4n) is 5.58.